The Morgan fingerprint density at radius 2 is 1.95 bits per heavy atom. The molecule has 0 unspecified atom stereocenters. The van der Waals surface area contributed by atoms with E-state index in [9.17, 15) is 0 Å². The predicted octanol–water partition coefficient (Wildman–Crippen LogP) is 2.67. The third kappa shape index (κ3) is 4.96. The van der Waals surface area contributed by atoms with Crippen LogP contribution in [0.3, 0.4) is 0 Å². The van der Waals surface area contributed by atoms with Gasteiger partial charge in [-0.1, -0.05) is 36.8 Å². The standard InChI is InChI=1S/C14H20N4S/c15-9-5-2-6-10-16-14-17-13(18-19-14)11-12-7-3-1-4-8-12/h1,3-4,7-8H,2,5-6,9-11,15H2,(H,16,17,18). The van der Waals surface area contributed by atoms with Gasteiger partial charge in [0.2, 0.25) is 5.13 Å². The Bertz CT molecular complexity index is 469. The molecule has 0 aliphatic rings. The van der Waals surface area contributed by atoms with Gasteiger partial charge in [-0.05, 0) is 24.9 Å². The Kier molecular flexibility index (Phi) is 5.78. The Balaban J connectivity index is 1.76. The fourth-order valence-corrected chi connectivity index (χ4v) is 2.43. The quantitative estimate of drug-likeness (QED) is 0.728. The van der Waals surface area contributed by atoms with Gasteiger partial charge >= 0.3 is 0 Å². The second kappa shape index (κ2) is 7.86. The van der Waals surface area contributed by atoms with Crippen LogP contribution in [0.2, 0.25) is 0 Å². The average Bonchev–Trinajstić information content (AvgIpc) is 2.87. The highest BCUT2D eigenvalue weighted by Gasteiger charge is 2.04. The third-order valence-electron chi connectivity index (χ3n) is 2.83. The molecule has 2 aromatic rings. The molecule has 0 aliphatic carbocycles. The highest BCUT2D eigenvalue weighted by Crippen LogP contribution is 2.14. The molecule has 5 heteroatoms. The Morgan fingerprint density at radius 3 is 2.74 bits per heavy atom. The molecule has 0 fully saturated rings. The maximum Gasteiger partial charge on any atom is 0.202 e. The first-order chi connectivity index (χ1) is 9.38. The van der Waals surface area contributed by atoms with Gasteiger partial charge in [0.1, 0.15) is 5.82 Å². The van der Waals surface area contributed by atoms with Crippen LogP contribution < -0.4 is 11.1 Å². The summed E-state index contributed by atoms with van der Waals surface area (Å²) in [6.07, 6.45) is 4.19. The van der Waals surface area contributed by atoms with Gasteiger partial charge in [-0.25, -0.2) is 4.98 Å². The predicted molar refractivity (Wildman–Crippen MR) is 80.6 cm³/mol. The van der Waals surface area contributed by atoms with Gasteiger partial charge in [0.25, 0.3) is 0 Å². The lowest BCUT2D eigenvalue weighted by molar-refractivity contribution is 0.707. The van der Waals surface area contributed by atoms with Crippen LogP contribution in [-0.2, 0) is 6.42 Å². The summed E-state index contributed by atoms with van der Waals surface area (Å²) in [6.45, 7) is 1.72. The molecular weight excluding hydrogens is 256 g/mol. The van der Waals surface area contributed by atoms with Crippen molar-refractivity contribution in [3.63, 3.8) is 0 Å². The summed E-state index contributed by atoms with van der Waals surface area (Å²) in [6, 6.07) is 10.3. The van der Waals surface area contributed by atoms with Crippen LogP contribution in [0.4, 0.5) is 5.13 Å². The minimum absolute atomic E-state index is 0.778. The number of hydrogen-bond acceptors (Lipinski definition) is 5. The van der Waals surface area contributed by atoms with Gasteiger partial charge in [0, 0.05) is 24.5 Å². The second-order valence-electron chi connectivity index (χ2n) is 4.45. The van der Waals surface area contributed by atoms with Crippen molar-refractivity contribution in [3.05, 3.63) is 41.7 Å². The number of hydrogen-bond donors (Lipinski definition) is 2. The fourth-order valence-electron chi connectivity index (χ4n) is 1.82. The Morgan fingerprint density at radius 1 is 1.11 bits per heavy atom. The van der Waals surface area contributed by atoms with E-state index in [0.29, 0.717) is 0 Å². The molecule has 4 nitrogen and oxygen atoms in total. The summed E-state index contributed by atoms with van der Waals surface area (Å²) >= 11 is 1.44. The van der Waals surface area contributed by atoms with Crippen LogP contribution in [0, 0.1) is 0 Å². The molecule has 102 valence electrons. The van der Waals surface area contributed by atoms with Crippen LogP contribution in [0.25, 0.3) is 0 Å². The molecule has 0 saturated carbocycles. The molecule has 0 atom stereocenters. The highest BCUT2D eigenvalue weighted by molar-refractivity contribution is 7.09. The van der Waals surface area contributed by atoms with Crippen LogP contribution in [0.1, 0.15) is 30.7 Å². The third-order valence-corrected chi connectivity index (χ3v) is 3.54. The number of nitrogens with zero attached hydrogens (tertiary/aromatic N) is 2. The number of nitrogens with one attached hydrogen (secondary N) is 1. The zero-order chi connectivity index (χ0) is 13.3. The minimum atomic E-state index is 0.778. The van der Waals surface area contributed by atoms with Crippen molar-refractivity contribution in [3.8, 4) is 0 Å². The highest BCUT2D eigenvalue weighted by atomic mass is 32.1. The molecule has 0 saturated heterocycles. The zero-order valence-corrected chi connectivity index (χ0v) is 11.8. The number of anilines is 1. The average molecular weight is 276 g/mol. The molecule has 2 rings (SSSR count). The lowest BCUT2D eigenvalue weighted by Gasteiger charge is -2.00. The Labute approximate surface area is 118 Å². The normalized spacial score (nSPS) is 10.6. The van der Waals surface area contributed by atoms with Gasteiger partial charge in [-0.3, -0.25) is 0 Å². The van der Waals surface area contributed by atoms with Gasteiger partial charge in [-0.15, -0.1) is 0 Å². The molecule has 1 aromatic carbocycles. The first-order valence-corrected chi connectivity index (χ1v) is 7.46. The van der Waals surface area contributed by atoms with E-state index < -0.39 is 0 Å². The lowest BCUT2D eigenvalue weighted by atomic mass is 10.1. The van der Waals surface area contributed by atoms with Gasteiger partial charge in [-0.2, -0.15) is 4.37 Å². The van der Waals surface area contributed by atoms with E-state index in [4.69, 9.17) is 5.73 Å². The van der Waals surface area contributed by atoms with Crippen molar-refractivity contribution < 1.29 is 0 Å². The maximum atomic E-state index is 5.46. The smallest absolute Gasteiger partial charge is 0.202 e. The van der Waals surface area contributed by atoms with Crippen LogP contribution >= 0.6 is 11.5 Å². The summed E-state index contributed by atoms with van der Waals surface area (Å²) in [7, 11) is 0. The maximum absolute atomic E-state index is 5.46. The molecule has 0 amide bonds. The molecule has 3 N–H and O–H groups in total. The van der Waals surface area contributed by atoms with Crippen molar-refractivity contribution in [1.82, 2.24) is 9.36 Å². The van der Waals surface area contributed by atoms with E-state index in [1.54, 1.807) is 0 Å². The molecule has 1 aromatic heterocycles. The summed E-state index contributed by atoms with van der Waals surface area (Å²) in [5.74, 6) is 0.889. The van der Waals surface area contributed by atoms with Gasteiger partial charge < -0.3 is 11.1 Å². The summed E-state index contributed by atoms with van der Waals surface area (Å²) in [5.41, 5.74) is 6.70. The number of benzene rings is 1. The Hall–Kier alpha value is -1.46. The zero-order valence-electron chi connectivity index (χ0n) is 11.0. The molecule has 19 heavy (non-hydrogen) atoms. The van der Waals surface area contributed by atoms with E-state index in [1.165, 1.54) is 23.5 Å². The minimum Gasteiger partial charge on any atom is -0.360 e. The van der Waals surface area contributed by atoms with E-state index in [0.717, 1.165) is 43.3 Å². The van der Waals surface area contributed by atoms with E-state index in [1.807, 2.05) is 18.2 Å². The number of nitrogens with two attached hydrogens (primary N) is 1. The molecule has 0 aliphatic heterocycles. The molecule has 1 heterocycles. The van der Waals surface area contributed by atoms with Crippen molar-refractivity contribution in [2.45, 2.75) is 25.7 Å². The summed E-state index contributed by atoms with van der Waals surface area (Å²) < 4.78 is 4.37. The molecule has 0 bridgehead atoms. The topological polar surface area (TPSA) is 63.8 Å². The monoisotopic (exact) mass is 276 g/mol. The van der Waals surface area contributed by atoms with Crippen molar-refractivity contribution in [1.29, 1.82) is 0 Å². The van der Waals surface area contributed by atoms with E-state index in [2.05, 4.69) is 26.8 Å². The lowest BCUT2D eigenvalue weighted by Crippen LogP contribution is -2.03. The summed E-state index contributed by atoms with van der Waals surface area (Å²) in [5, 5.41) is 4.23. The van der Waals surface area contributed by atoms with Gasteiger partial charge in [0.15, 0.2) is 0 Å². The van der Waals surface area contributed by atoms with Crippen LogP contribution in [-0.4, -0.2) is 22.4 Å². The molecular formula is C14H20N4S. The first-order valence-electron chi connectivity index (χ1n) is 6.69. The number of rotatable bonds is 8. The number of unbranched alkanes of at least 4 members (excludes halogenated alkanes) is 2. The van der Waals surface area contributed by atoms with Gasteiger partial charge in [0.05, 0.1) is 0 Å². The second-order valence-corrected chi connectivity index (χ2v) is 5.21. The largest absolute Gasteiger partial charge is 0.360 e. The van der Waals surface area contributed by atoms with Crippen LogP contribution in [0.5, 0.6) is 0 Å². The van der Waals surface area contributed by atoms with Crippen LogP contribution in [0.15, 0.2) is 30.3 Å². The fraction of sp³-hybridized carbons (Fsp3) is 0.429. The number of aromatic nitrogens is 2. The molecule has 0 radical (unpaired) electrons. The van der Waals surface area contributed by atoms with Crippen molar-refractivity contribution in [2.24, 2.45) is 5.73 Å². The van der Waals surface area contributed by atoms with Crippen molar-refractivity contribution >= 4 is 16.7 Å². The van der Waals surface area contributed by atoms with Crippen molar-refractivity contribution in [2.75, 3.05) is 18.4 Å². The van der Waals surface area contributed by atoms with E-state index >= 15 is 0 Å². The van der Waals surface area contributed by atoms with E-state index in [-0.39, 0.29) is 0 Å². The summed E-state index contributed by atoms with van der Waals surface area (Å²) in [4.78, 5) is 4.49. The SMILES string of the molecule is NCCCCCNc1nc(Cc2ccccc2)ns1. The molecule has 0 spiro atoms. The first kappa shape index (κ1) is 14.0.